The minimum Gasteiger partial charge on any atom is -0.507 e. The summed E-state index contributed by atoms with van der Waals surface area (Å²) in [6, 6.07) is 2.97. The maximum absolute atomic E-state index is 13.9. The van der Waals surface area contributed by atoms with Crippen LogP contribution in [0.1, 0.15) is 31.2 Å². The van der Waals surface area contributed by atoms with E-state index in [1.54, 1.807) is 0 Å². The minimum atomic E-state index is -0.696. The van der Waals surface area contributed by atoms with Gasteiger partial charge in [-0.25, -0.2) is 4.39 Å². The van der Waals surface area contributed by atoms with E-state index in [1.807, 2.05) is 0 Å². The molecule has 1 fully saturated rings. The first kappa shape index (κ1) is 10.9. The molecule has 1 aromatic carbocycles. The van der Waals surface area contributed by atoms with Gasteiger partial charge < -0.3 is 10.8 Å². The molecule has 2 rings (SSSR count). The molecule has 1 aliphatic carbocycles. The van der Waals surface area contributed by atoms with Crippen LogP contribution in [0, 0.1) is 5.82 Å². The van der Waals surface area contributed by atoms with Crippen molar-refractivity contribution in [1.29, 1.82) is 0 Å². The van der Waals surface area contributed by atoms with Gasteiger partial charge in [0.1, 0.15) is 11.6 Å². The van der Waals surface area contributed by atoms with E-state index >= 15 is 0 Å². The third-order valence-electron chi connectivity index (χ3n) is 3.07. The highest BCUT2D eigenvalue weighted by molar-refractivity contribution is 9.10. The summed E-state index contributed by atoms with van der Waals surface area (Å²) < 4.78 is 14.2. The van der Waals surface area contributed by atoms with Gasteiger partial charge in [-0.3, -0.25) is 0 Å². The molecular formula is C11H13BrFNO. The summed E-state index contributed by atoms with van der Waals surface area (Å²) in [7, 11) is 0. The summed E-state index contributed by atoms with van der Waals surface area (Å²) in [6.45, 7) is 0. The van der Waals surface area contributed by atoms with Crippen molar-refractivity contribution in [3.8, 4) is 5.75 Å². The Balaban J connectivity index is 2.55. The molecule has 1 saturated carbocycles. The van der Waals surface area contributed by atoms with E-state index in [4.69, 9.17) is 5.73 Å². The number of nitrogens with two attached hydrogens (primary N) is 1. The Morgan fingerprint density at radius 2 is 1.93 bits per heavy atom. The van der Waals surface area contributed by atoms with E-state index < -0.39 is 11.4 Å². The maximum atomic E-state index is 13.9. The van der Waals surface area contributed by atoms with Gasteiger partial charge in [0.2, 0.25) is 0 Å². The number of hydrogen-bond donors (Lipinski definition) is 2. The Hall–Kier alpha value is -0.610. The normalized spacial score (nSPS) is 19.4. The van der Waals surface area contributed by atoms with Crippen molar-refractivity contribution < 1.29 is 9.50 Å². The molecule has 0 radical (unpaired) electrons. The van der Waals surface area contributed by atoms with Gasteiger partial charge in [0.05, 0.1) is 10.0 Å². The van der Waals surface area contributed by atoms with Crippen LogP contribution in [0.2, 0.25) is 0 Å². The number of phenols is 1. The highest BCUT2D eigenvalue weighted by Crippen LogP contribution is 2.42. The number of halogens is 2. The average Bonchev–Trinajstić information content (AvgIpc) is 2.60. The van der Waals surface area contributed by atoms with Crippen LogP contribution in [0.5, 0.6) is 5.75 Å². The van der Waals surface area contributed by atoms with E-state index in [0.29, 0.717) is 4.47 Å². The summed E-state index contributed by atoms with van der Waals surface area (Å²) in [6.07, 6.45) is 3.44. The van der Waals surface area contributed by atoms with Gasteiger partial charge in [-0.1, -0.05) is 12.8 Å². The molecule has 15 heavy (non-hydrogen) atoms. The second-order valence-electron chi connectivity index (χ2n) is 4.12. The Labute approximate surface area is 96.4 Å². The molecule has 0 atom stereocenters. The molecule has 82 valence electrons. The van der Waals surface area contributed by atoms with Crippen LogP contribution in [-0.4, -0.2) is 5.11 Å². The van der Waals surface area contributed by atoms with Crippen molar-refractivity contribution in [3.05, 3.63) is 28.0 Å². The van der Waals surface area contributed by atoms with Crippen molar-refractivity contribution >= 4 is 15.9 Å². The van der Waals surface area contributed by atoms with E-state index in [-0.39, 0.29) is 11.3 Å². The summed E-state index contributed by atoms with van der Waals surface area (Å²) in [4.78, 5) is 0. The highest BCUT2D eigenvalue weighted by atomic mass is 79.9. The Bertz CT molecular complexity index is 388. The Kier molecular flexibility index (Phi) is 2.73. The third-order valence-corrected chi connectivity index (χ3v) is 3.68. The molecule has 4 heteroatoms. The summed E-state index contributed by atoms with van der Waals surface area (Å²) in [5.74, 6) is -0.473. The fourth-order valence-corrected chi connectivity index (χ4v) is 2.60. The molecule has 0 amide bonds. The Morgan fingerprint density at radius 1 is 1.33 bits per heavy atom. The minimum absolute atomic E-state index is 0.0416. The smallest absolute Gasteiger partial charge is 0.146 e. The van der Waals surface area contributed by atoms with E-state index in [9.17, 15) is 9.50 Å². The van der Waals surface area contributed by atoms with E-state index in [2.05, 4.69) is 15.9 Å². The first-order valence-electron chi connectivity index (χ1n) is 5.01. The molecule has 0 bridgehead atoms. The fourth-order valence-electron chi connectivity index (χ4n) is 2.27. The summed E-state index contributed by atoms with van der Waals surface area (Å²) >= 11 is 3.11. The molecule has 2 nitrogen and oxygen atoms in total. The molecular weight excluding hydrogens is 261 g/mol. The van der Waals surface area contributed by atoms with Gasteiger partial charge in [0.25, 0.3) is 0 Å². The van der Waals surface area contributed by atoms with Crippen LogP contribution >= 0.6 is 15.9 Å². The molecule has 0 spiro atoms. The number of hydrogen-bond acceptors (Lipinski definition) is 2. The maximum Gasteiger partial charge on any atom is 0.146 e. The molecule has 0 unspecified atom stereocenters. The van der Waals surface area contributed by atoms with Crippen molar-refractivity contribution in [1.82, 2.24) is 0 Å². The van der Waals surface area contributed by atoms with Crippen LogP contribution < -0.4 is 5.73 Å². The average molecular weight is 274 g/mol. The van der Waals surface area contributed by atoms with Gasteiger partial charge in [-0.05, 0) is 40.9 Å². The van der Waals surface area contributed by atoms with Crippen LogP contribution in [-0.2, 0) is 5.54 Å². The lowest BCUT2D eigenvalue weighted by Gasteiger charge is -2.25. The molecule has 1 aromatic rings. The van der Waals surface area contributed by atoms with Gasteiger partial charge in [0, 0.05) is 5.54 Å². The third kappa shape index (κ3) is 1.76. The molecule has 0 saturated heterocycles. The number of phenolic OH excluding ortho intramolecular Hbond substituents is 1. The summed E-state index contributed by atoms with van der Waals surface area (Å²) in [5, 5.41) is 9.70. The van der Waals surface area contributed by atoms with Crippen molar-refractivity contribution in [2.45, 2.75) is 31.2 Å². The predicted octanol–water partition coefficient (Wildman–Crippen LogP) is 3.02. The zero-order chi connectivity index (χ0) is 11.1. The van der Waals surface area contributed by atoms with Crippen LogP contribution in [0.4, 0.5) is 4.39 Å². The lowest BCUT2D eigenvalue weighted by Crippen LogP contribution is -2.34. The lowest BCUT2D eigenvalue weighted by molar-refractivity contribution is 0.387. The van der Waals surface area contributed by atoms with Gasteiger partial charge >= 0.3 is 0 Å². The predicted molar refractivity (Wildman–Crippen MR) is 60.1 cm³/mol. The highest BCUT2D eigenvalue weighted by Gasteiger charge is 2.36. The zero-order valence-corrected chi connectivity index (χ0v) is 9.85. The first-order chi connectivity index (χ1) is 7.04. The molecule has 0 aliphatic heterocycles. The quantitative estimate of drug-likeness (QED) is 0.826. The second-order valence-corrected chi connectivity index (χ2v) is 4.97. The molecule has 0 aromatic heterocycles. The van der Waals surface area contributed by atoms with E-state index in [1.165, 1.54) is 12.1 Å². The van der Waals surface area contributed by atoms with Crippen LogP contribution in [0.3, 0.4) is 0 Å². The van der Waals surface area contributed by atoms with E-state index in [0.717, 1.165) is 25.7 Å². The zero-order valence-electron chi connectivity index (χ0n) is 8.26. The standard InChI is InChI=1S/C11H13BrFNO/c12-7-3-4-8(15)9(10(7)13)11(14)5-1-2-6-11/h3-4,15H,1-2,5-6,14H2. The van der Waals surface area contributed by atoms with Crippen LogP contribution in [0.25, 0.3) is 0 Å². The summed E-state index contributed by atoms with van der Waals surface area (Å²) in [5.41, 5.74) is 5.69. The molecule has 0 heterocycles. The van der Waals surface area contributed by atoms with Crippen molar-refractivity contribution in [3.63, 3.8) is 0 Å². The Morgan fingerprint density at radius 3 is 2.53 bits per heavy atom. The number of rotatable bonds is 1. The van der Waals surface area contributed by atoms with Crippen molar-refractivity contribution in [2.24, 2.45) is 5.73 Å². The van der Waals surface area contributed by atoms with Gasteiger partial charge in [0.15, 0.2) is 0 Å². The van der Waals surface area contributed by atoms with Gasteiger partial charge in [-0.2, -0.15) is 0 Å². The molecule has 3 N–H and O–H groups in total. The number of aromatic hydroxyl groups is 1. The van der Waals surface area contributed by atoms with Crippen molar-refractivity contribution in [2.75, 3.05) is 0 Å². The largest absolute Gasteiger partial charge is 0.507 e. The first-order valence-corrected chi connectivity index (χ1v) is 5.80. The fraction of sp³-hybridized carbons (Fsp3) is 0.455. The topological polar surface area (TPSA) is 46.2 Å². The monoisotopic (exact) mass is 273 g/mol. The van der Waals surface area contributed by atoms with Gasteiger partial charge in [-0.15, -0.1) is 0 Å². The number of benzene rings is 1. The molecule has 1 aliphatic rings. The lowest BCUT2D eigenvalue weighted by atomic mass is 9.88. The SMILES string of the molecule is NC1(c2c(O)ccc(Br)c2F)CCCC1. The second kappa shape index (κ2) is 3.76. The van der Waals surface area contributed by atoms with Crippen LogP contribution in [0.15, 0.2) is 16.6 Å².